The second-order valence-electron chi connectivity index (χ2n) is 4.06. The van der Waals surface area contributed by atoms with Crippen molar-refractivity contribution < 1.29 is 0 Å². The lowest BCUT2D eigenvalue weighted by atomic mass is 10.3. The third-order valence-electron chi connectivity index (χ3n) is 2.78. The van der Waals surface area contributed by atoms with Crippen molar-refractivity contribution >= 4 is 27.4 Å². The Morgan fingerprint density at radius 2 is 2.16 bits per heavy atom. The first-order valence-corrected chi connectivity index (χ1v) is 6.90. The van der Waals surface area contributed by atoms with Crippen LogP contribution in [0, 0.1) is 0 Å². The van der Waals surface area contributed by atoms with Crippen molar-refractivity contribution in [1.29, 1.82) is 0 Å². The minimum Gasteiger partial charge on any atom is -0.364 e. The fourth-order valence-corrected chi connectivity index (χ4v) is 2.75. The van der Waals surface area contributed by atoms with E-state index in [1.807, 2.05) is 0 Å². The van der Waals surface area contributed by atoms with Crippen molar-refractivity contribution in [3.63, 3.8) is 0 Å². The quantitative estimate of drug-likeness (QED) is 0.790. The van der Waals surface area contributed by atoms with Gasteiger partial charge >= 0.3 is 0 Å². The highest BCUT2D eigenvalue weighted by atomic mass is 32.1. The molecule has 0 bridgehead atoms. The third kappa shape index (κ3) is 2.53. The lowest BCUT2D eigenvalue weighted by molar-refractivity contribution is 0.998. The molecule has 0 saturated heterocycles. The summed E-state index contributed by atoms with van der Waals surface area (Å²) in [4.78, 5) is 19.2. The standard InChI is InChI=1S/C13H13N5S/c1-2-10-5-11-12(17-8-18-13(11)19-10)16-7-9-6-14-3-4-15-9/h3-6,8H,2,7H2,1H3,(H,16,17,18). The Bertz CT molecular complexity index is 680. The fraction of sp³-hybridized carbons (Fsp3) is 0.231. The maximum absolute atomic E-state index is 4.31. The monoisotopic (exact) mass is 271 g/mol. The van der Waals surface area contributed by atoms with Gasteiger partial charge in [-0.2, -0.15) is 0 Å². The zero-order chi connectivity index (χ0) is 13.1. The number of fused-ring (bicyclic) bond motifs is 1. The molecule has 0 spiro atoms. The minimum atomic E-state index is 0.608. The van der Waals surface area contributed by atoms with E-state index in [9.17, 15) is 0 Å². The van der Waals surface area contributed by atoms with Crippen molar-refractivity contribution in [2.75, 3.05) is 5.32 Å². The highest BCUT2D eigenvalue weighted by Gasteiger charge is 2.07. The number of anilines is 1. The minimum absolute atomic E-state index is 0.608. The van der Waals surface area contributed by atoms with Crippen LogP contribution in [0.5, 0.6) is 0 Å². The zero-order valence-corrected chi connectivity index (χ0v) is 11.3. The molecule has 0 aromatic carbocycles. The largest absolute Gasteiger partial charge is 0.364 e. The second-order valence-corrected chi connectivity index (χ2v) is 5.17. The number of hydrogen-bond donors (Lipinski definition) is 1. The van der Waals surface area contributed by atoms with E-state index in [-0.39, 0.29) is 0 Å². The number of nitrogens with zero attached hydrogens (tertiary/aromatic N) is 4. The van der Waals surface area contributed by atoms with Crippen LogP contribution in [0.15, 0.2) is 31.0 Å². The van der Waals surface area contributed by atoms with E-state index in [1.165, 1.54) is 4.88 Å². The molecule has 0 unspecified atom stereocenters. The van der Waals surface area contributed by atoms with Crippen LogP contribution in [0.1, 0.15) is 17.5 Å². The van der Waals surface area contributed by atoms with Crippen LogP contribution in [0.2, 0.25) is 0 Å². The first kappa shape index (κ1) is 12.0. The van der Waals surface area contributed by atoms with Crippen LogP contribution in [-0.4, -0.2) is 19.9 Å². The average molecular weight is 271 g/mol. The molecule has 96 valence electrons. The Morgan fingerprint density at radius 1 is 1.21 bits per heavy atom. The Morgan fingerprint density at radius 3 is 2.95 bits per heavy atom. The summed E-state index contributed by atoms with van der Waals surface area (Å²) < 4.78 is 0. The maximum atomic E-state index is 4.31. The van der Waals surface area contributed by atoms with E-state index in [2.05, 4.69) is 38.2 Å². The van der Waals surface area contributed by atoms with Crippen molar-refractivity contribution in [3.05, 3.63) is 41.6 Å². The first-order chi connectivity index (χ1) is 9.36. The molecule has 0 aliphatic rings. The third-order valence-corrected chi connectivity index (χ3v) is 3.97. The molecule has 0 amide bonds. The molecule has 3 rings (SSSR count). The van der Waals surface area contributed by atoms with Crippen molar-refractivity contribution in [3.8, 4) is 0 Å². The number of nitrogens with one attached hydrogen (secondary N) is 1. The Balaban J connectivity index is 1.86. The van der Waals surface area contributed by atoms with Gasteiger partial charge in [0.25, 0.3) is 0 Å². The van der Waals surface area contributed by atoms with E-state index in [0.29, 0.717) is 6.54 Å². The topological polar surface area (TPSA) is 63.6 Å². The molecule has 3 aromatic rings. The summed E-state index contributed by atoms with van der Waals surface area (Å²) in [5.74, 6) is 0.853. The van der Waals surface area contributed by atoms with Crippen molar-refractivity contribution in [2.24, 2.45) is 0 Å². The molecule has 19 heavy (non-hydrogen) atoms. The molecule has 0 atom stereocenters. The number of aryl methyl sites for hydroxylation is 1. The summed E-state index contributed by atoms with van der Waals surface area (Å²) in [6.45, 7) is 2.75. The first-order valence-electron chi connectivity index (χ1n) is 6.09. The van der Waals surface area contributed by atoms with Gasteiger partial charge in [-0.15, -0.1) is 11.3 Å². The van der Waals surface area contributed by atoms with Gasteiger partial charge in [-0.1, -0.05) is 6.92 Å². The predicted molar refractivity (Wildman–Crippen MR) is 76.2 cm³/mol. The van der Waals surface area contributed by atoms with Gasteiger partial charge in [0.1, 0.15) is 17.0 Å². The highest BCUT2D eigenvalue weighted by Crippen LogP contribution is 2.28. The molecule has 3 heterocycles. The van der Waals surface area contributed by atoms with Crippen LogP contribution in [0.4, 0.5) is 5.82 Å². The lowest BCUT2D eigenvalue weighted by Crippen LogP contribution is -2.03. The number of hydrogen-bond acceptors (Lipinski definition) is 6. The van der Waals surface area contributed by atoms with Gasteiger partial charge in [-0.05, 0) is 12.5 Å². The fourth-order valence-electron chi connectivity index (χ4n) is 1.82. The molecule has 3 aromatic heterocycles. The molecule has 0 saturated carbocycles. The molecule has 0 radical (unpaired) electrons. The van der Waals surface area contributed by atoms with Gasteiger partial charge in [-0.3, -0.25) is 9.97 Å². The van der Waals surface area contributed by atoms with Gasteiger partial charge in [0.15, 0.2) is 0 Å². The van der Waals surface area contributed by atoms with Gasteiger partial charge in [-0.25, -0.2) is 9.97 Å². The number of aromatic nitrogens is 4. The van der Waals surface area contributed by atoms with Gasteiger partial charge in [0, 0.05) is 17.3 Å². The Kier molecular flexibility index (Phi) is 3.33. The summed E-state index contributed by atoms with van der Waals surface area (Å²) in [5.41, 5.74) is 0.889. The van der Waals surface area contributed by atoms with Crippen LogP contribution in [0.3, 0.4) is 0 Å². The lowest BCUT2D eigenvalue weighted by Gasteiger charge is -2.05. The van der Waals surface area contributed by atoms with Gasteiger partial charge in [0.05, 0.1) is 23.8 Å². The molecule has 5 nitrogen and oxygen atoms in total. The summed E-state index contributed by atoms with van der Waals surface area (Å²) >= 11 is 1.71. The van der Waals surface area contributed by atoms with Crippen LogP contribution < -0.4 is 5.32 Å². The zero-order valence-electron chi connectivity index (χ0n) is 10.5. The summed E-state index contributed by atoms with van der Waals surface area (Å²) in [6, 6.07) is 2.15. The summed E-state index contributed by atoms with van der Waals surface area (Å²) in [5, 5.41) is 4.37. The maximum Gasteiger partial charge on any atom is 0.138 e. The Labute approximate surface area is 114 Å². The number of thiophene rings is 1. The van der Waals surface area contributed by atoms with E-state index < -0.39 is 0 Å². The van der Waals surface area contributed by atoms with Crippen molar-refractivity contribution in [2.45, 2.75) is 19.9 Å². The van der Waals surface area contributed by atoms with Crippen LogP contribution >= 0.6 is 11.3 Å². The molecule has 0 fully saturated rings. The number of rotatable bonds is 4. The SMILES string of the molecule is CCc1cc2c(NCc3cnccn3)ncnc2s1. The highest BCUT2D eigenvalue weighted by molar-refractivity contribution is 7.18. The van der Waals surface area contributed by atoms with Gasteiger partial charge in [0.2, 0.25) is 0 Å². The summed E-state index contributed by atoms with van der Waals surface area (Å²) in [7, 11) is 0. The van der Waals surface area contributed by atoms with E-state index >= 15 is 0 Å². The smallest absolute Gasteiger partial charge is 0.138 e. The van der Waals surface area contributed by atoms with Gasteiger partial charge < -0.3 is 5.32 Å². The predicted octanol–water partition coefficient (Wildman–Crippen LogP) is 2.66. The molecular formula is C13H13N5S. The molecule has 0 aliphatic carbocycles. The summed E-state index contributed by atoms with van der Waals surface area (Å²) in [6.07, 6.45) is 7.71. The van der Waals surface area contributed by atoms with E-state index in [0.717, 1.165) is 28.1 Å². The normalized spacial score (nSPS) is 10.8. The van der Waals surface area contributed by atoms with Crippen molar-refractivity contribution in [1.82, 2.24) is 19.9 Å². The van der Waals surface area contributed by atoms with E-state index in [4.69, 9.17) is 0 Å². The molecule has 1 N–H and O–H groups in total. The second kappa shape index (κ2) is 5.27. The molecule has 6 heteroatoms. The van der Waals surface area contributed by atoms with E-state index in [1.54, 1.807) is 36.3 Å². The molecular weight excluding hydrogens is 258 g/mol. The molecule has 0 aliphatic heterocycles. The van der Waals surface area contributed by atoms with Crippen LogP contribution in [0.25, 0.3) is 10.2 Å². The van der Waals surface area contributed by atoms with Crippen LogP contribution in [-0.2, 0) is 13.0 Å². The Hall–Kier alpha value is -2.08. The average Bonchev–Trinajstić information content (AvgIpc) is 2.90.